The third kappa shape index (κ3) is 1.63. The van der Waals surface area contributed by atoms with Gasteiger partial charge < -0.3 is 14.7 Å². The number of halogens is 1. The van der Waals surface area contributed by atoms with E-state index in [4.69, 9.17) is 14.7 Å². The van der Waals surface area contributed by atoms with E-state index < -0.39 is 0 Å². The summed E-state index contributed by atoms with van der Waals surface area (Å²) in [7, 11) is 0. The van der Waals surface area contributed by atoms with Gasteiger partial charge in [0.1, 0.15) is 0 Å². The van der Waals surface area contributed by atoms with Crippen molar-refractivity contribution < 1.29 is 14.7 Å². The first-order valence-electron chi connectivity index (χ1n) is 3.76. The third-order valence-corrected chi connectivity index (χ3v) is 2.55. The molecule has 4 nitrogen and oxygen atoms in total. The van der Waals surface area contributed by atoms with Crippen LogP contribution in [0.1, 0.15) is 5.56 Å². The maximum atomic E-state index is 8.55. The lowest BCUT2D eigenvalue weighted by atomic mass is 10.2. The average Bonchev–Trinajstić information content (AvgIpc) is 2.52. The molecule has 70 valence electrons. The summed E-state index contributed by atoms with van der Waals surface area (Å²) >= 11 is 3.36. The molecule has 1 aromatic rings. The fraction of sp³-hybridized carbons (Fsp3) is 0.250. The maximum absolute atomic E-state index is 8.55. The van der Waals surface area contributed by atoms with Gasteiger partial charge in [-0.15, -0.1) is 0 Å². The van der Waals surface area contributed by atoms with Gasteiger partial charge in [-0.3, -0.25) is 0 Å². The van der Waals surface area contributed by atoms with Gasteiger partial charge in [-0.1, -0.05) is 15.9 Å². The quantitative estimate of drug-likeness (QED) is 0.779. The molecule has 0 saturated heterocycles. The zero-order valence-electron chi connectivity index (χ0n) is 6.71. The molecule has 1 heterocycles. The first-order chi connectivity index (χ1) is 6.31. The number of hydrogen-bond donors (Lipinski definition) is 2. The topological polar surface area (TPSA) is 50.7 Å². The fourth-order valence-electron chi connectivity index (χ4n) is 1.18. The molecule has 1 aliphatic rings. The van der Waals surface area contributed by atoms with Crippen LogP contribution in [0.25, 0.3) is 0 Å². The summed E-state index contributed by atoms with van der Waals surface area (Å²) in [4.78, 5) is 0. The molecule has 0 saturated carbocycles. The molecule has 0 radical (unpaired) electrons. The summed E-state index contributed by atoms with van der Waals surface area (Å²) in [6.45, 7) is 0.634. The monoisotopic (exact) mass is 245 g/mol. The van der Waals surface area contributed by atoms with Crippen molar-refractivity contribution in [2.75, 3.05) is 6.79 Å². The molecule has 0 aliphatic carbocycles. The van der Waals surface area contributed by atoms with Gasteiger partial charge in [-0.2, -0.15) is 0 Å². The summed E-state index contributed by atoms with van der Waals surface area (Å²) < 4.78 is 11.3. The maximum Gasteiger partial charge on any atom is 0.231 e. The van der Waals surface area contributed by atoms with Gasteiger partial charge in [0, 0.05) is 11.0 Å². The lowest BCUT2D eigenvalue weighted by Gasteiger charge is -2.04. The number of hydrogen-bond acceptors (Lipinski definition) is 4. The molecule has 0 spiro atoms. The van der Waals surface area contributed by atoms with Crippen molar-refractivity contribution in [1.82, 2.24) is 5.48 Å². The number of fused-ring (bicyclic) bond motifs is 1. The van der Waals surface area contributed by atoms with E-state index in [0.29, 0.717) is 12.3 Å². The normalized spacial score (nSPS) is 13.4. The molecule has 2 N–H and O–H groups in total. The Morgan fingerprint density at radius 1 is 1.38 bits per heavy atom. The fourth-order valence-corrected chi connectivity index (χ4v) is 1.64. The predicted octanol–water partition coefficient (Wildman–Crippen LogP) is 1.66. The molecular weight excluding hydrogens is 238 g/mol. The Bertz CT molecular complexity index is 329. The number of rotatable bonds is 2. The SMILES string of the molecule is ONCc1cc2c(cc1Br)OCO2. The van der Waals surface area contributed by atoms with E-state index in [1.54, 1.807) is 0 Å². The Morgan fingerprint density at radius 3 is 2.77 bits per heavy atom. The van der Waals surface area contributed by atoms with Gasteiger partial charge in [0.05, 0.1) is 0 Å². The second-order valence-corrected chi connectivity index (χ2v) is 3.49. The van der Waals surface area contributed by atoms with Crippen LogP contribution in [0.2, 0.25) is 0 Å². The van der Waals surface area contributed by atoms with Crippen molar-refractivity contribution in [3.05, 3.63) is 22.2 Å². The minimum atomic E-state index is 0.262. The largest absolute Gasteiger partial charge is 0.454 e. The molecule has 5 heteroatoms. The molecule has 0 amide bonds. The molecule has 0 fully saturated rings. The second kappa shape index (κ2) is 3.53. The van der Waals surface area contributed by atoms with Crippen LogP contribution < -0.4 is 15.0 Å². The van der Waals surface area contributed by atoms with Crippen LogP contribution >= 0.6 is 15.9 Å². The third-order valence-electron chi connectivity index (χ3n) is 1.81. The zero-order chi connectivity index (χ0) is 9.26. The van der Waals surface area contributed by atoms with E-state index in [9.17, 15) is 0 Å². The Labute approximate surface area is 83.5 Å². The highest BCUT2D eigenvalue weighted by Crippen LogP contribution is 2.36. The minimum Gasteiger partial charge on any atom is -0.454 e. The number of hydroxylamine groups is 1. The van der Waals surface area contributed by atoms with Crippen LogP contribution in [0.4, 0.5) is 0 Å². The van der Waals surface area contributed by atoms with Crippen molar-refractivity contribution in [3.63, 3.8) is 0 Å². The molecule has 1 aromatic carbocycles. The molecule has 2 rings (SSSR count). The van der Waals surface area contributed by atoms with Crippen molar-refractivity contribution in [3.8, 4) is 11.5 Å². The van der Waals surface area contributed by atoms with Crippen molar-refractivity contribution >= 4 is 15.9 Å². The molecular formula is C8H8BrNO3. The van der Waals surface area contributed by atoms with Gasteiger partial charge in [-0.05, 0) is 17.7 Å². The van der Waals surface area contributed by atoms with E-state index in [0.717, 1.165) is 15.8 Å². The number of nitrogens with one attached hydrogen (secondary N) is 1. The lowest BCUT2D eigenvalue weighted by Crippen LogP contribution is -2.06. The Kier molecular flexibility index (Phi) is 2.39. The van der Waals surface area contributed by atoms with Crippen molar-refractivity contribution in [1.29, 1.82) is 0 Å². The van der Waals surface area contributed by atoms with Gasteiger partial charge in [-0.25, -0.2) is 5.48 Å². The summed E-state index contributed by atoms with van der Waals surface area (Å²) in [6.07, 6.45) is 0. The standard InChI is InChI=1S/C8H8BrNO3/c9-6-2-8-7(12-4-13-8)1-5(6)3-10-11/h1-2,10-11H,3-4H2. The zero-order valence-corrected chi connectivity index (χ0v) is 8.30. The summed E-state index contributed by atoms with van der Waals surface area (Å²) in [6, 6.07) is 3.66. The smallest absolute Gasteiger partial charge is 0.231 e. The van der Waals surface area contributed by atoms with Crippen molar-refractivity contribution in [2.45, 2.75) is 6.54 Å². The van der Waals surface area contributed by atoms with Crippen LogP contribution in [0, 0.1) is 0 Å². The van der Waals surface area contributed by atoms with Gasteiger partial charge in [0.2, 0.25) is 6.79 Å². The highest BCUT2D eigenvalue weighted by Gasteiger charge is 2.15. The molecule has 0 aromatic heterocycles. The molecule has 0 unspecified atom stereocenters. The highest BCUT2D eigenvalue weighted by atomic mass is 79.9. The average molecular weight is 246 g/mol. The van der Waals surface area contributed by atoms with Crippen LogP contribution in [0.3, 0.4) is 0 Å². The van der Waals surface area contributed by atoms with E-state index in [-0.39, 0.29) is 6.79 Å². The Hall–Kier alpha value is -0.780. The highest BCUT2D eigenvalue weighted by molar-refractivity contribution is 9.10. The Balaban J connectivity index is 2.37. The van der Waals surface area contributed by atoms with Crippen LogP contribution in [0.5, 0.6) is 11.5 Å². The first-order valence-corrected chi connectivity index (χ1v) is 4.55. The molecule has 13 heavy (non-hydrogen) atoms. The van der Waals surface area contributed by atoms with Gasteiger partial charge in [0.15, 0.2) is 11.5 Å². The summed E-state index contributed by atoms with van der Waals surface area (Å²) in [5.41, 5.74) is 3.01. The number of benzene rings is 1. The Morgan fingerprint density at radius 2 is 2.08 bits per heavy atom. The summed E-state index contributed by atoms with van der Waals surface area (Å²) in [5.74, 6) is 1.45. The first kappa shape index (κ1) is 8.80. The van der Waals surface area contributed by atoms with Gasteiger partial charge >= 0.3 is 0 Å². The van der Waals surface area contributed by atoms with E-state index >= 15 is 0 Å². The van der Waals surface area contributed by atoms with E-state index in [1.807, 2.05) is 12.1 Å². The second-order valence-electron chi connectivity index (χ2n) is 2.63. The molecule has 0 atom stereocenters. The van der Waals surface area contributed by atoms with Gasteiger partial charge in [0.25, 0.3) is 0 Å². The van der Waals surface area contributed by atoms with Crippen LogP contribution in [-0.4, -0.2) is 12.0 Å². The van der Waals surface area contributed by atoms with Crippen LogP contribution in [-0.2, 0) is 6.54 Å². The predicted molar refractivity (Wildman–Crippen MR) is 48.9 cm³/mol. The van der Waals surface area contributed by atoms with Crippen molar-refractivity contribution in [2.24, 2.45) is 0 Å². The summed E-state index contributed by atoms with van der Waals surface area (Å²) in [5, 5.41) is 8.55. The van der Waals surface area contributed by atoms with E-state index in [2.05, 4.69) is 21.4 Å². The number of ether oxygens (including phenoxy) is 2. The minimum absolute atomic E-state index is 0.262. The molecule has 0 bridgehead atoms. The van der Waals surface area contributed by atoms with Crippen LogP contribution in [0.15, 0.2) is 16.6 Å². The lowest BCUT2D eigenvalue weighted by molar-refractivity contribution is 0.161. The van der Waals surface area contributed by atoms with E-state index in [1.165, 1.54) is 0 Å². The molecule has 1 aliphatic heterocycles.